The SMILES string of the molecule is Cc1cc(Oc2nc(-c3ccc(C(C)(C)C)cc3)ns2)c(C)cc1CCN(C)C=N. The summed E-state index contributed by atoms with van der Waals surface area (Å²) in [7, 11) is 1.91. The molecule has 6 heteroatoms. The molecule has 0 saturated heterocycles. The normalized spacial score (nSPS) is 11.4. The van der Waals surface area contributed by atoms with Gasteiger partial charge in [-0.1, -0.05) is 51.1 Å². The van der Waals surface area contributed by atoms with Crippen LogP contribution in [0.25, 0.3) is 11.4 Å². The third-order valence-electron chi connectivity index (χ3n) is 5.20. The summed E-state index contributed by atoms with van der Waals surface area (Å²) in [5.41, 5.74) is 5.92. The topological polar surface area (TPSA) is 62.1 Å². The molecule has 0 amide bonds. The zero-order valence-corrected chi connectivity index (χ0v) is 19.4. The van der Waals surface area contributed by atoms with E-state index in [1.54, 1.807) is 0 Å². The Bertz CT molecular complexity index is 1020. The molecule has 0 fully saturated rings. The van der Waals surface area contributed by atoms with Crippen molar-refractivity contribution in [1.29, 1.82) is 5.41 Å². The average molecular weight is 423 g/mol. The molecule has 5 nitrogen and oxygen atoms in total. The number of aryl methyl sites for hydroxylation is 2. The second-order valence-electron chi connectivity index (χ2n) is 8.72. The number of aromatic nitrogens is 2. The Morgan fingerprint density at radius 3 is 2.43 bits per heavy atom. The molecule has 0 saturated carbocycles. The van der Waals surface area contributed by atoms with Crippen LogP contribution in [0.4, 0.5) is 0 Å². The van der Waals surface area contributed by atoms with E-state index in [0.717, 1.165) is 29.8 Å². The van der Waals surface area contributed by atoms with Gasteiger partial charge in [0.15, 0.2) is 5.82 Å². The number of rotatable bonds is 7. The minimum absolute atomic E-state index is 0.124. The number of benzene rings is 2. The van der Waals surface area contributed by atoms with Gasteiger partial charge in [-0.05, 0) is 54.0 Å². The van der Waals surface area contributed by atoms with E-state index in [9.17, 15) is 0 Å². The summed E-state index contributed by atoms with van der Waals surface area (Å²) in [5, 5.41) is 7.85. The van der Waals surface area contributed by atoms with Crippen molar-refractivity contribution in [2.75, 3.05) is 13.6 Å². The van der Waals surface area contributed by atoms with E-state index in [4.69, 9.17) is 10.1 Å². The number of nitrogens with one attached hydrogen (secondary N) is 1. The third-order valence-corrected chi connectivity index (χ3v) is 5.80. The van der Waals surface area contributed by atoms with Crippen molar-refractivity contribution in [2.45, 2.75) is 46.5 Å². The van der Waals surface area contributed by atoms with Crippen molar-refractivity contribution >= 4 is 17.9 Å². The van der Waals surface area contributed by atoms with Crippen LogP contribution in [0, 0.1) is 19.3 Å². The van der Waals surface area contributed by atoms with Gasteiger partial charge in [-0.2, -0.15) is 9.36 Å². The molecule has 1 heterocycles. The first kappa shape index (κ1) is 22.0. The van der Waals surface area contributed by atoms with E-state index in [-0.39, 0.29) is 5.41 Å². The molecule has 0 bridgehead atoms. The molecule has 158 valence electrons. The van der Waals surface area contributed by atoms with Crippen molar-refractivity contribution in [2.24, 2.45) is 0 Å². The van der Waals surface area contributed by atoms with Gasteiger partial charge in [-0.3, -0.25) is 5.41 Å². The zero-order chi connectivity index (χ0) is 21.9. The first-order chi connectivity index (χ1) is 14.2. The van der Waals surface area contributed by atoms with E-state index < -0.39 is 0 Å². The Hall–Kier alpha value is -2.73. The van der Waals surface area contributed by atoms with Crippen LogP contribution >= 0.6 is 11.5 Å². The highest BCUT2D eigenvalue weighted by Crippen LogP contribution is 2.32. The zero-order valence-electron chi connectivity index (χ0n) is 18.6. The number of hydrogen-bond donors (Lipinski definition) is 1. The molecule has 30 heavy (non-hydrogen) atoms. The lowest BCUT2D eigenvalue weighted by molar-refractivity contribution is 0.474. The molecule has 0 unspecified atom stereocenters. The Labute approximate surface area is 183 Å². The summed E-state index contributed by atoms with van der Waals surface area (Å²) in [6.07, 6.45) is 2.25. The van der Waals surface area contributed by atoms with E-state index in [1.165, 1.54) is 34.6 Å². The van der Waals surface area contributed by atoms with Gasteiger partial charge in [0.2, 0.25) is 0 Å². The van der Waals surface area contributed by atoms with Crippen LogP contribution in [0.3, 0.4) is 0 Å². The van der Waals surface area contributed by atoms with E-state index in [0.29, 0.717) is 11.0 Å². The van der Waals surface area contributed by atoms with Crippen molar-refractivity contribution in [1.82, 2.24) is 14.3 Å². The fraction of sp³-hybridized carbons (Fsp3) is 0.375. The minimum Gasteiger partial charge on any atom is -0.430 e. The quantitative estimate of drug-likeness (QED) is 0.375. The molecule has 0 aliphatic heterocycles. The molecule has 3 aromatic rings. The van der Waals surface area contributed by atoms with Crippen molar-refractivity contribution in [3.8, 4) is 22.3 Å². The Kier molecular flexibility index (Phi) is 6.56. The van der Waals surface area contributed by atoms with E-state index in [2.05, 4.69) is 73.5 Å². The lowest BCUT2D eigenvalue weighted by atomic mass is 9.87. The number of likely N-dealkylation sites (N-methyl/N-ethyl adjacent to an activating group) is 1. The number of nitrogens with zero attached hydrogens (tertiary/aromatic N) is 3. The van der Waals surface area contributed by atoms with Crippen molar-refractivity contribution in [3.05, 3.63) is 58.7 Å². The third kappa shape index (κ3) is 5.25. The van der Waals surface area contributed by atoms with E-state index in [1.807, 2.05) is 18.9 Å². The maximum atomic E-state index is 7.30. The fourth-order valence-corrected chi connectivity index (χ4v) is 3.74. The second kappa shape index (κ2) is 8.96. The van der Waals surface area contributed by atoms with Crippen LogP contribution in [0.15, 0.2) is 36.4 Å². The molecule has 1 aromatic heterocycles. The lowest BCUT2D eigenvalue weighted by Gasteiger charge is -2.18. The summed E-state index contributed by atoms with van der Waals surface area (Å²) >= 11 is 1.27. The van der Waals surface area contributed by atoms with Crippen LogP contribution in [0.5, 0.6) is 10.9 Å². The standard InChI is InChI=1S/C24H30N4OS/c1-16-14-21(17(2)13-19(16)11-12-28(6)15-25)29-23-26-22(27-30-23)18-7-9-20(10-8-18)24(3,4)5/h7-10,13-15,25H,11-12H2,1-6H3. The van der Waals surface area contributed by atoms with Crippen LogP contribution in [-0.2, 0) is 11.8 Å². The van der Waals surface area contributed by atoms with Crippen molar-refractivity contribution < 1.29 is 4.74 Å². The van der Waals surface area contributed by atoms with E-state index >= 15 is 0 Å². The molecular weight excluding hydrogens is 392 g/mol. The van der Waals surface area contributed by atoms with Gasteiger partial charge in [0.1, 0.15) is 5.75 Å². The average Bonchev–Trinajstić information content (AvgIpc) is 3.17. The van der Waals surface area contributed by atoms with Gasteiger partial charge in [-0.25, -0.2) is 0 Å². The molecule has 0 spiro atoms. The van der Waals surface area contributed by atoms with Gasteiger partial charge in [0, 0.05) is 30.7 Å². The highest BCUT2D eigenvalue weighted by atomic mass is 32.1. The van der Waals surface area contributed by atoms with Crippen molar-refractivity contribution in [3.63, 3.8) is 0 Å². The van der Waals surface area contributed by atoms with Crippen LogP contribution < -0.4 is 4.74 Å². The van der Waals surface area contributed by atoms with Gasteiger partial charge < -0.3 is 9.64 Å². The highest BCUT2D eigenvalue weighted by Gasteiger charge is 2.15. The summed E-state index contributed by atoms with van der Waals surface area (Å²) < 4.78 is 10.6. The molecule has 0 aliphatic carbocycles. The predicted octanol–water partition coefficient (Wildman–Crippen LogP) is 5.99. The number of hydrogen-bond acceptors (Lipinski definition) is 5. The monoisotopic (exact) mass is 422 g/mol. The second-order valence-corrected chi connectivity index (χ2v) is 9.43. The van der Waals surface area contributed by atoms with Gasteiger partial charge in [-0.15, -0.1) is 0 Å². The smallest absolute Gasteiger partial charge is 0.299 e. The van der Waals surface area contributed by atoms with Crippen LogP contribution in [0.2, 0.25) is 0 Å². The fourth-order valence-electron chi connectivity index (χ4n) is 3.17. The molecule has 0 aliphatic rings. The largest absolute Gasteiger partial charge is 0.430 e. The lowest BCUT2D eigenvalue weighted by Crippen LogP contribution is -2.18. The molecule has 1 N–H and O–H groups in total. The Morgan fingerprint density at radius 2 is 1.80 bits per heavy atom. The minimum atomic E-state index is 0.124. The Morgan fingerprint density at radius 1 is 1.10 bits per heavy atom. The predicted molar refractivity (Wildman–Crippen MR) is 125 cm³/mol. The maximum Gasteiger partial charge on any atom is 0.299 e. The summed E-state index contributed by atoms with van der Waals surface area (Å²) in [4.78, 5) is 6.46. The Balaban J connectivity index is 1.74. The summed E-state index contributed by atoms with van der Waals surface area (Å²) in [6, 6.07) is 12.6. The van der Waals surface area contributed by atoms with Gasteiger partial charge >= 0.3 is 0 Å². The summed E-state index contributed by atoms with van der Waals surface area (Å²) in [5.74, 6) is 1.50. The highest BCUT2D eigenvalue weighted by molar-refractivity contribution is 7.07. The van der Waals surface area contributed by atoms with Gasteiger partial charge in [0.05, 0.1) is 6.34 Å². The summed E-state index contributed by atoms with van der Waals surface area (Å²) in [6.45, 7) is 11.6. The molecule has 0 atom stereocenters. The van der Waals surface area contributed by atoms with Crippen LogP contribution in [-0.4, -0.2) is 34.2 Å². The first-order valence-electron chi connectivity index (χ1n) is 10.1. The molecular formula is C24H30N4OS. The molecule has 2 aromatic carbocycles. The van der Waals surface area contributed by atoms with Gasteiger partial charge in [0.25, 0.3) is 5.19 Å². The first-order valence-corrected chi connectivity index (χ1v) is 10.9. The maximum absolute atomic E-state index is 7.30. The molecule has 3 rings (SSSR count). The molecule has 0 radical (unpaired) electrons. The van der Waals surface area contributed by atoms with Crippen LogP contribution in [0.1, 0.15) is 43.0 Å². The number of ether oxygens (including phenoxy) is 1.